The van der Waals surface area contributed by atoms with E-state index in [0.717, 1.165) is 18.5 Å². The smallest absolute Gasteiger partial charge is 0.335 e. The molecule has 0 aliphatic heterocycles. The molecule has 0 fully saturated rings. The highest BCUT2D eigenvalue weighted by Crippen LogP contribution is 2.27. The first-order valence-corrected chi connectivity index (χ1v) is 7.49. The van der Waals surface area contributed by atoms with Crippen LogP contribution in [0.2, 0.25) is 0 Å². The van der Waals surface area contributed by atoms with E-state index in [1.807, 2.05) is 4.68 Å². The molecule has 0 bridgehead atoms. The monoisotopic (exact) mass is 289 g/mol. The SMILES string of the molecule is CCCCCC(C)(C)Cn1nnc2cc(C(=O)O)ccc21. The summed E-state index contributed by atoms with van der Waals surface area (Å²) in [6, 6.07) is 4.97. The molecule has 2 rings (SSSR count). The fourth-order valence-corrected chi connectivity index (χ4v) is 2.56. The van der Waals surface area contributed by atoms with Crippen molar-refractivity contribution in [3.63, 3.8) is 0 Å². The highest BCUT2D eigenvalue weighted by Gasteiger charge is 2.20. The minimum absolute atomic E-state index is 0.154. The number of aromatic carboxylic acids is 1. The lowest BCUT2D eigenvalue weighted by atomic mass is 9.87. The Balaban J connectivity index is 2.17. The molecule has 0 amide bonds. The quantitative estimate of drug-likeness (QED) is 0.788. The number of unbranched alkanes of at least 4 members (excludes halogenated alkanes) is 2. The third-order valence-corrected chi connectivity index (χ3v) is 3.80. The van der Waals surface area contributed by atoms with E-state index in [1.54, 1.807) is 18.2 Å². The topological polar surface area (TPSA) is 68.0 Å². The predicted molar refractivity (Wildman–Crippen MR) is 82.4 cm³/mol. The molecule has 0 saturated carbocycles. The molecule has 0 spiro atoms. The number of fused-ring (bicyclic) bond motifs is 1. The maximum Gasteiger partial charge on any atom is 0.335 e. The second-order valence-electron chi connectivity index (χ2n) is 6.38. The number of benzene rings is 1. The number of carbonyl (C=O) groups is 1. The van der Waals surface area contributed by atoms with Crippen molar-refractivity contribution in [1.82, 2.24) is 15.0 Å². The van der Waals surface area contributed by atoms with Gasteiger partial charge in [0, 0.05) is 6.54 Å². The van der Waals surface area contributed by atoms with Crippen LogP contribution in [-0.2, 0) is 6.54 Å². The summed E-state index contributed by atoms with van der Waals surface area (Å²) in [6.07, 6.45) is 4.85. The van der Waals surface area contributed by atoms with Crippen LogP contribution in [0, 0.1) is 5.41 Å². The highest BCUT2D eigenvalue weighted by atomic mass is 16.4. The summed E-state index contributed by atoms with van der Waals surface area (Å²) in [5.74, 6) is -0.939. The molecule has 1 heterocycles. The molecule has 1 aromatic heterocycles. The van der Waals surface area contributed by atoms with Gasteiger partial charge in [-0.15, -0.1) is 5.10 Å². The Hall–Kier alpha value is -1.91. The van der Waals surface area contributed by atoms with E-state index in [9.17, 15) is 4.79 Å². The van der Waals surface area contributed by atoms with E-state index in [0.29, 0.717) is 5.52 Å². The van der Waals surface area contributed by atoms with Gasteiger partial charge in [0.05, 0.1) is 11.1 Å². The van der Waals surface area contributed by atoms with Gasteiger partial charge >= 0.3 is 5.97 Å². The van der Waals surface area contributed by atoms with Gasteiger partial charge in [-0.1, -0.05) is 45.2 Å². The minimum atomic E-state index is -0.939. The van der Waals surface area contributed by atoms with Crippen molar-refractivity contribution in [2.24, 2.45) is 5.41 Å². The lowest BCUT2D eigenvalue weighted by Crippen LogP contribution is -2.20. The Kier molecular flexibility index (Phi) is 4.60. The Bertz CT molecular complexity index is 631. The van der Waals surface area contributed by atoms with Crippen LogP contribution in [0.5, 0.6) is 0 Å². The maximum atomic E-state index is 11.0. The minimum Gasteiger partial charge on any atom is -0.478 e. The number of nitrogens with zero attached hydrogens (tertiary/aromatic N) is 3. The van der Waals surface area contributed by atoms with Crippen molar-refractivity contribution in [2.45, 2.75) is 53.0 Å². The molecule has 0 aliphatic rings. The predicted octanol–water partition coefficient (Wildman–Crippen LogP) is 3.74. The van der Waals surface area contributed by atoms with Gasteiger partial charge in [0.25, 0.3) is 0 Å². The molecule has 1 aromatic carbocycles. The molecule has 0 radical (unpaired) electrons. The number of rotatable bonds is 7. The van der Waals surface area contributed by atoms with Crippen molar-refractivity contribution in [3.05, 3.63) is 23.8 Å². The van der Waals surface area contributed by atoms with Gasteiger partial charge in [-0.05, 0) is 30.0 Å². The van der Waals surface area contributed by atoms with Gasteiger partial charge < -0.3 is 5.11 Å². The van der Waals surface area contributed by atoms with Crippen LogP contribution in [0.4, 0.5) is 0 Å². The van der Waals surface area contributed by atoms with E-state index in [4.69, 9.17) is 5.11 Å². The molecule has 2 aromatic rings. The van der Waals surface area contributed by atoms with Crippen LogP contribution in [0.3, 0.4) is 0 Å². The van der Waals surface area contributed by atoms with Crippen LogP contribution in [0.15, 0.2) is 18.2 Å². The molecular weight excluding hydrogens is 266 g/mol. The third-order valence-electron chi connectivity index (χ3n) is 3.80. The zero-order valence-electron chi connectivity index (χ0n) is 13.0. The molecular formula is C16H23N3O2. The normalized spacial score (nSPS) is 12.0. The molecule has 114 valence electrons. The summed E-state index contributed by atoms with van der Waals surface area (Å²) in [6.45, 7) is 7.47. The van der Waals surface area contributed by atoms with Gasteiger partial charge in [-0.25, -0.2) is 9.48 Å². The third kappa shape index (κ3) is 3.80. The van der Waals surface area contributed by atoms with Gasteiger partial charge in [0.2, 0.25) is 0 Å². The molecule has 0 aliphatic carbocycles. The summed E-state index contributed by atoms with van der Waals surface area (Å²) in [4.78, 5) is 11.0. The second kappa shape index (κ2) is 6.24. The number of aromatic nitrogens is 3. The van der Waals surface area contributed by atoms with Gasteiger partial charge in [-0.2, -0.15) is 0 Å². The van der Waals surface area contributed by atoms with Crippen molar-refractivity contribution in [3.8, 4) is 0 Å². The first kappa shape index (κ1) is 15.5. The Labute approximate surface area is 125 Å². The highest BCUT2D eigenvalue weighted by molar-refractivity contribution is 5.92. The largest absolute Gasteiger partial charge is 0.478 e. The van der Waals surface area contributed by atoms with Gasteiger partial charge in [0.1, 0.15) is 5.52 Å². The van der Waals surface area contributed by atoms with Gasteiger partial charge in [0.15, 0.2) is 0 Å². The first-order chi connectivity index (χ1) is 9.93. The molecule has 5 heteroatoms. The summed E-state index contributed by atoms with van der Waals surface area (Å²) in [7, 11) is 0. The summed E-state index contributed by atoms with van der Waals surface area (Å²) in [5, 5.41) is 17.3. The zero-order valence-corrected chi connectivity index (χ0v) is 13.0. The first-order valence-electron chi connectivity index (χ1n) is 7.49. The lowest BCUT2D eigenvalue weighted by molar-refractivity contribution is 0.0697. The summed E-state index contributed by atoms with van der Waals surface area (Å²) < 4.78 is 1.88. The average molecular weight is 289 g/mol. The van der Waals surface area contributed by atoms with Crippen molar-refractivity contribution >= 4 is 17.0 Å². The second-order valence-corrected chi connectivity index (χ2v) is 6.38. The number of hydrogen-bond donors (Lipinski definition) is 1. The van der Waals surface area contributed by atoms with Gasteiger partial charge in [-0.3, -0.25) is 0 Å². The number of hydrogen-bond acceptors (Lipinski definition) is 3. The van der Waals surface area contributed by atoms with Crippen LogP contribution in [0.1, 0.15) is 56.8 Å². The fraction of sp³-hybridized carbons (Fsp3) is 0.562. The Morgan fingerprint density at radius 1 is 1.33 bits per heavy atom. The summed E-state index contributed by atoms with van der Waals surface area (Å²) >= 11 is 0. The Morgan fingerprint density at radius 3 is 2.76 bits per heavy atom. The van der Waals surface area contributed by atoms with E-state index in [-0.39, 0.29) is 11.0 Å². The summed E-state index contributed by atoms with van der Waals surface area (Å²) in [5.41, 5.74) is 1.93. The lowest BCUT2D eigenvalue weighted by Gasteiger charge is -2.24. The van der Waals surface area contributed by atoms with E-state index < -0.39 is 5.97 Å². The molecule has 0 atom stereocenters. The maximum absolute atomic E-state index is 11.0. The van der Waals surface area contributed by atoms with Crippen molar-refractivity contribution < 1.29 is 9.90 Å². The van der Waals surface area contributed by atoms with Crippen LogP contribution >= 0.6 is 0 Å². The van der Waals surface area contributed by atoms with Crippen LogP contribution in [0.25, 0.3) is 11.0 Å². The zero-order chi connectivity index (χ0) is 15.5. The standard InChI is InChI=1S/C16H23N3O2/c1-4-5-6-9-16(2,3)11-19-14-8-7-12(15(20)21)10-13(14)17-18-19/h7-8,10H,4-6,9,11H2,1-3H3,(H,20,21). The number of carboxylic acid groups (broad SMARTS) is 1. The van der Waals surface area contributed by atoms with Crippen LogP contribution in [-0.4, -0.2) is 26.1 Å². The van der Waals surface area contributed by atoms with E-state index in [1.165, 1.54) is 19.3 Å². The molecule has 0 unspecified atom stereocenters. The molecule has 5 nitrogen and oxygen atoms in total. The van der Waals surface area contributed by atoms with Crippen molar-refractivity contribution in [2.75, 3.05) is 0 Å². The Morgan fingerprint density at radius 2 is 2.10 bits per heavy atom. The van der Waals surface area contributed by atoms with Crippen molar-refractivity contribution in [1.29, 1.82) is 0 Å². The molecule has 0 saturated heterocycles. The number of carboxylic acids is 1. The molecule has 21 heavy (non-hydrogen) atoms. The van der Waals surface area contributed by atoms with Crippen LogP contribution < -0.4 is 0 Å². The van der Waals surface area contributed by atoms with E-state index in [2.05, 4.69) is 31.1 Å². The molecule has 1 N–H and O–H groups in total. The fourth-order valence-electron chi connectivity index (χ4n) is 2.56. The van der Waals surface area contributed by atoms with E-state index >= 15 is 0 Å². The average Bonchev–Trinajstić information content (AvgIpc) is 2.80.